The van der Waals surface area contributed by atoms with Crippen LogP contribution in [-0.4, -0.2) is 58.8 Å². The van der Waals surface area contributed by atoms with Gasteiger partial charge in [-0.3, -0.25) is 9.59 Å². The number of aryl methyl sites for hydroxylation is 2. The smallest absolute Gasteiger partial charge is 0.290 e. The number of nitrogens with zero attached hydrogens (tertiary/aromatic N) is 3. The van der Waals surface area contributed by atoms with Crippen molar-refractivity contribution >= 4 is 39.0 Å². The number of hydrogen-bond acceptors (Lipinski definition) is 6. The van der Waals surface area contributed by atoms with Gasteiger partial charge in [0.05, 0.1) is 27.2 Å². The Morgan fingerprint density at radius 1 is 1.29 bits per heavy atom. The van der Waals surface area contributed by atoms with Gasteiger partial charge < -0.3 is 14.9 Å². The highest BCUT2D eigenvalue weighted by Crippen LogP contribution is 2.40. The van der Waals surface area contributed by atoms with Gasteiger partial charge in [0, 0.05) is 17.6 Å². The van der Waals surface area contributed by atoms with Gasteiger partial charge in [0.25, 0.3) is 5.91 Å². The Bertz CT molecular complexity index is 950. The Balaban J connectivity index is 2.08. The Morgan fingerprint density at radius 2 is 1.93 bits per heavy atom. The molecule has 1 aromatic carbocycles. The van der Waals surface area contributed by atoms with Crippen LogP contribution in [0, 0.1) is 13.8 Å². The lowest BCUT2D eigenvalue weighted by molar-refractivity contribution is -0.129. The topological polar surface area (TPSA) is 73.7 Å². The molecule has 8 heteroatoms. The van der Waals surface area contributed by atoms with Gasteiger partial charge in [0.2, 0.25) is 5.78 Å². The summed E-state index contributed by atoms with van der Waals surface area (Å²) in [6, 6.07) is 6.82. The summed E-state index contributed by atoms with van der Waals surface area (Å²) < 4.78 is 0.899. The molecule has 6 nitrogen and oxygen atoms in total. The molecule has 1 atom stereocenters. The molecule has 2 aromatic rings. The second kappa shape index (κ2) is 8.14. The number of hydrogen-bond donors (Lipinski definition) is 1. The first-order valence-electron chi connectivity index (χ1n) is 8.83. The normalized spacial score (nSPS) is 17.1. The number of aromatic nitrogens is 1. The predicted octanol–water partition coefficient (Wildman–Crippen LogP) is 3.66. The number of aliphatic hydroxyl groups is 1. The molecule has 1 amide bonds. The zero-order chi connectivity index (χ0) is 20.6. The number of aliphatic hydroxyl groups excluding tert-OH is 1. The summed E-state index contributed by atoms with van der Waals surface area (Å²) >= 11 is 4.69. The van der Waals surface area contributed by atoms with Crippen LogP contribution in [0.1, 0.15) is 32.0 Å². The van der Waals surface area contributed by atoms with Gasteiger partial charge in [0.1, 0.15) is 0 Å². The molecule has 0 radical (unpaired) electrons. The number of amides is 1. The first-order chi connectivity index (χ1) is 13.2. The number of thiazole rings is 1. The average molecular weight is 464 g/mol. The number of likely N-dealkylation sites (N-methyl/N-ethyl adjacent to an activating group) is 1. The van der Waals surface area contributed by atoms with Gasteiger partial charge in [0.15, 0.2) is 5.76 Å². The van der Waals surface area contributed by atoms with Crippen LogP contribution >= 0.6 is 27.3 Å². The summed E-state index contributed by atoms with van der Waals surface area (Å²) in [5, 5.41) is 11.4. The number of carbonyl (C=O) groups is 2. The molecule has 0 bridgehead atoms. The molecule has 0 fully saturated rings. The zero-order valence-electron chi connectivity index (χ0n) is 16.2. The molecule has 1 aromatic heterocycles. The predicted molar refractivity (Wildman–Crippen MR) is 113 cm³/mol. The molecule has 3 rings (SSSR count). The van der Waals surface area contributed by atoms with E-state index in [9.17, 15) is 14.7 Å². The summed E-state index contributed by atoms with van der Waals surface area (Å²) in [6.45, 7) is 4.61. The Morgan fingerprint density at radius 3 is 2.46 bits per heavy atom. The summed E-state index contributed by atoms with van der Waals surface area (Å²) in [6.07, 6.45) is 0. The minimum Gasteiger partial charge on any atom is -0.503 e. The maximum Gasteiger partial charge on any atom is 0.290 e. The van der Waals surface area contributed by atoms with Crippen LogP contribution in [0.15, 0.2) is 40.1 Å². The fraction of sp³-hybridized carbons (Fsp3) is 0.350. The van der Waals surface area contributed by atoms with Crippen LogP contribution in [0.2, 0.25) is 0 Å². The van der Waals surface area contributed by atoms with E-state index < -0.39 is 17.7 Å². The van der Waals surface area contributed by atoms with Gasteiger partial charge >= 0.3 is 0 Å². The SMILES string of the molecule is Cc1nc(C)c(C(=O)C2=C(O)C(=O)N(CCN(C)C)[C@@H]2c2ccc(Br)cc2)s1. The second-order valence-electron chi connectivity index (χ2n) is 6.99. The fourth-order valence-electron chi connectivity index (χ4n) is 3.28. The molecule has 148 valence electrons. The summed E-state index contributed by atoms with van der Waals surface area (Å²) in [4.78, 5) is 34.5. The monoisotopic (exact) mass is 463 g/mol. The van der Waals surface area contributed by atoms with Crippen molar-refractivity contribution in [2.75, 3.05) is 27.2 Å². The molecular weight excluding hydrogens is 442 g/mol. The van der Waals surface area contributed by atoms with E-state index in [0.29, 0.717) is 23.7 Å². The van der Waals surface area contributed by atoms with Crippen molar-refractivity contribution in [3.05, 3.63) is 61.2 Å². The van der Waals surface area contributed by atoms with E-state index in [2.05, 4.69) is 20.9 Å². The van der Waals surface area contributed by atoms with E-state index in [0.717, 1.165) is 15.0 Å². The van der Waals surface area contributed by atoms with Crippen LogP contribution < -0.4 is 0 Å². The van der Waals surface area contributed by atoms with Crippen molar-refractivity contribution in [2.24, 2.45) is 0 Å². The molecule has 0 saturated heterocycles. The van der Waals surface area contributed by atoms with Gasteiger partial charge in [-0.05, 0) is 45.6 Å². The Labute approximate surface area is 176 Å². The van der Waals surface area contributed by atoms with Crippen molar-refractivity contribution in [3.8, 4) is 0 Å². The Hall–Kier alpha value is -2.03. The van der Waals surface area contributed by atoms with Crippen LogP contribution in [0.3, 0.4) is 0 Å². The molecule has 0 saturated carbocycles. The third-order valence-electron chi connectivity index (χ3n) is 4.63. The lowest BCUT2D eigenvalue weighted by Crippen LogP contribution is -2.36. The van der Waals surface area contributed by atoms with Gasteiger partial charge in [-0.1, -0.05) is 28.1 Å². The highest BCUT2D eigenvalue weighted by atomic mass is 79.9. The Kier molecular flexibility index (Phi) is 6.02. The van der Waals surface area contributed by atoms with Crippen LogP contribution in [-0.2, 0) is 4.79 Å². The zero-order valence-corrected chi connectivity index (χ0v) is 18.6. The van der Waals surface area contributed by atoms with Crippen LogP contribution in [0.25, 0.3) is 0 Å². The molecule has 0 spiro atoms. The minimum atomic E-state index is -0.630. The highest BCUT2D eigenvalue weighted by molar-refractivity contribution is 9.10. The maximum atomic E-state index is 13.3. The lowest BCUT2D eigenvalue weighted by Gasteiger charge is -2.28. The van der Waals surface area contributed by atoms with Crippen molar-refractivity contribution in [1.82, 2.24) is 14.8 Å². The van der Waals surface area contributed by atoms with E-state index in [1.54, 1.807) is 11.8 Å². The quantitative estimate of drug-likeness (QED) is 0.661. The first-order valence-corrected chi connectivity index (χ1v) is 10.4. The lowest BCUT2D eigenvalue weighted by atomic mass is 9.95. The van der Waals surface area contributed by atoms with E-state index in [4.69, 9.17) is 0 Å². The molecule has 28 heavy (non-hydrogen) atoms. The van der Waals surface area contributed by atoms with Crippen molar-refractivity contribution in [1.29, 1.82) is 0 Å². The number of ketones is 1. The molecule has 0 unspecified atom stereocenters. The summed E-state index contributed by atoms with van der Waals surface area (Å²) in [5.41, 5.74) is 1.51. The molecule has 2 heterocycles. The van der Waals surface area contributed by atoms with E-state index in [1.165, 1.54) is 11.3 Å². The maximum absolute atomic E-state index is 13.3. The van der Waals surface area contributed by atoms with Gasteiger partial charge in [-0.15, -0.1) is 11.3 Å². The number of halogens is 1. The standard InChI is InChI=1S/C20H22BrN3O3S/c1-11-19(28-12(2)22-11)17(25)15-16(13-5-7-14(21)8-6-13)24(10-9-23(3)4)20(27)18(15)26/h5-8,16,26H,9-10H2,1-4H3/t16-/m1/s1. The second-order valence-corrected chi connectivity index (χ2v) is 9.11. The fourth-order valence-corrected chi connectivity index (χ4v) is 4.42. The van der Waals surface area contributed by atoms with Crippen molar-refractivity contribution in [2.45, 2.75) is 19.9 Å². The van der Waals surface area contributed by atoms with Crippen LogP contribution in [0.5, 0.6) is 0 Å². The van der Waals surface area contributed by atoms with Gasteiger partial charge in [-0.2, -0.15) is 0 Å². The first kappa shape index (κ1) is 20.7. The van der Waals surface area contributed by atoms with Gasteiger partial charge in [-0.25, -0.2) is 4.98 Å². The van der Waals surface area contributed by atoms with Crippen LogP contribution in [0.4, 0.5) is 0 Å². The minimum absolute atomic E-state index is 0.123. The highest BCUT2D eigenvalue weighted by Gasteiger charge is 2.44. The average Bonchev–Trinajstić information content (AvgIpc) is 3.10. The number of rotatable bonds is 6. The number of carbonyl (C=O) groups excluding carboxylic acids is 2. The largest absolute Gasteiger partial charge is 0.503 e. The summed E-state index contributed by atoms with van der Waals surface area (Å²) in [7, 11) is 3.83. The van der Waals surface area contributed by atoms with E-state index >= 15 is 0 Å². The molecular formula is C20H22BrN3O3S. The molecule has 1 N–H and O–H groups in total. The molecule has 1 aliphatic rings. The van der Waals surface area contributed by atoms with Crippen molar-refractivity contribution in [3.63, 3.8) is 0 Å². The van der Waals surface area contributed by atoms with E-state index in [-0.39, 0.29) is 11.4 Å². The summed E-state index contributed by atoms with van der Waals surface area (Å²) in [5.74, 6) is -1.33. The van der Waals surface area contributed by atoms with Crippen molar-refractivity contribution < 1.29 is 14.7 Å². The molecule has 1 aliphatic heterocycles. The third-order valence-corrected chi connectivity index (χ3v) is 6.23. The molecule has 0 aliphatic carbocycles. The number of benzene rings is 1. The number of Topliss-reactive ketones (excluding diaryl/α,β-unsaturated/α-hetero) is 1. The third kappa shape index (κ3) is 3.90. The van der Waals surface area contributed by atoms with E-state index in [1.807, 2.05) is 50.2 Å².